The molecule has 1 aliphatic heterocycles. The normalized spacial score (nSPS) is 17.5. The van der Waals surface area contributed by atoms with Gasteiger partial charge in [0.2, 0.25) is 0 Å². The Morgan fingerprint density at radius 2 is 1.67 bits per heavy atom. The van der Waals surface area contributed by atoms with Gasteiger partial charge in [-0.25, -0.2) is 9.38 Å². The van der Waals surface area contributed by atoms with Crippen LogP contribution in [0.4, 0.5) is 4.39 Å². The molecule has 0 saturated carbocycles. The van der Waals surface area contributed by atoms with Crippen LogP contribution in [0.15, 0.2) is 65.7 Å². The van der Waals surface area contributed by atoms with Crippen molar-refractivity contribution < 1.29 is 26.5 Å². The highest BCUT2D eigenvalue weighted by Gasteiger charge is 2.49. The van der Waals surface area contributed by atoms with Crippen molar-refractivity contribution in [1.29, 1.82) is 5.26 Å². The Balaban J connectivity index is 1.94. The van der Waals surface area contributed by atoms with E-state index in [1.165, 1.54) is 73.7 Å². The van der Waals surface area contributed by atoms with Gasteiger partial charge in [0.25, 0.3) is 5.91 Å². The molecule has 1 aliphatic rings. The minimum atomic E-state index is -3.76. The smallest absolute Gasteiger partial charge is 0.306 e. The summed E-state index contributed by atoms with van der Waals surface area (Å²) in [6.07, 6.45) is 0.914. The quantitative estimate of drug-likeness (QED) is 0.506. The molecule has 1 atom stereocenters. The number of ether oxygens (including phenoxy) is 1. The Kier molecular flexibility index (Phi) is 6.16. The van der Waals surface area contributed by atoms with Gasteiger partial charge in [-0.1, -0.05) is 18.2 Å². The number of guanidine groups is 1. The minimum absolute atomic E-state index is 0.0435. The maximum atomic E-state index is 15.1. The van der Waals surface area contributed by atoms with Crippen LogP contribution < -0.4 is 14.7 Å². The number of nitrogens with zero attached hydrogens (tertiary/aromatic N) is 3. The lowest BCUT2D eigenvalue weighted by molar-refractivity contribution is -0.129. The fraction of sp³-hybridized carbons (Fsp3) is 0.160. The van der Waals surface area contributed by atoms with Crippen LogP contribution in [0.1, 0.15) is 16.7 Å². The minimum Gasteiger partial charge on any atom is -0.497 e. The molecule has 4 rings (SSSR count). The summed E-state index contributed by atoms with van der Waals surface area (Å²) in [4.78, 5) is 19.2. The van der Waals surface area contributed by atoms with E-state index in [1.807, 2.05) is 6.07 Å². The lowest BCUT2D eigenvalue weighted by Gasteiger charge is -2.27. The van der Waals surface area contributed by atoms with Crippen molar-refractivity contribution in [1.82, 2.24) is 4.90 Å². The number of carbonyl (C=O) groups is 1. The summed E-state index contributed by atoms with van der Waals surface area (Å²) in [6, 6.07) is 16.5. The van der Waals surface area contributed by atoms with Crippen molar-refractivity contribution in [2.24, 2.45) is 10.7 Å². The molecule has 184 valence electrons. The Hall–Kier alpha value is -4.43. The van der Waals surface area contributed by atoms with Crippen molar-refractivity contribution in [3.8, 4) is 28.7 Å². The van der Waals surface area contributed by atoms with Crippen molar-refractivity contribution in [3.05, 3.63) is 83.2 Å². The monoisotopic (exact) mass is 508 g/mol. The number of hydrogen-bond donors (Lipinski definition) is 1. The van der Waals surface area contributed by atoms with Gasteiger partial charge in [0, 0.05) is 18.2 Å². The second kappa shape index (κ2) is 8.98. The van der Waals surface area contributed by atoms with Gasteiger partial charge in [-0.05, 0) is 53.6 Å². The van der Waals surface area contributed by atoms with Gasteiger partial charge in [-0.15, -0.1) is 0 Å². The molecular weight excluding hydrogens is 487 g/mol. The average Bonchev–Trinajstić information content (AvgIpc) is 3.08. The zero-order valence-electron chi connectivity index (χ0n) is 19.5. The van der Waals surface area contributed by atoms with Gasteiger partial charge in [0.1, 0.15) is 17.3 Å². The highest BCUT2D eigenvalue weighted by Crippen LogP contribution is 2.42. The topological polar surface area (TPSA) is 135 Å². The fourth-order valence-corrected chi connectivity index (χ4v) is 4.50. The number of amides is 1. The molecule has 1 heterocycles. The third-order valence-electron chi connectivity index (χ3n) is 5.78. The Morgan fingerprint density at radius 3 is 2.22 bits per heavy atom. The van der Waals surface area contributed by atoms with Gasteiger partial charge in [0.05, 0.1) is 25.0 Å². The first kappa shape index (κ1) is 24.7. The molecular formula is C25H21FN4O5S. The van der Waals surface area contributed by atoms with Crippen LogP contribution in [0, 0.1) is 17.1 Å². The van der Waals surface area contributed by atoms with Crippen LogP contribution in [0.2, 0.25) is 0 Å². The third kappa shape index (κ3) is 4.23. The van der Waals surface area contributed by atoms with Crippen molar-refractivity contribution in [2.45, 2.75) is 5.54 Å². The van der Waals surface area contributed by atoms with E-state index in [4.69, 9.17) is 14.7 Å². The molecule has 0 radical (unpaired) electrons. The highest BCUT2D eigenvalue weighted by atomic mass is 32.2. The summed E-state index contributed by atoms with van der Waals surface area (Å²) in [5.41, 5.74) is 5.52. The van der Waals surface area contributed by atoms with E-state index in [1.54, 1.807) is 6.07 Å². The first-order valence-electron chi connectivity index (χ1n) is 10.5. The maximum absolute atomic E-state index is 15.1. The molecule has 3 aromatic rings. The molecule has 36 heavy (non-hydrogen) atoms. The number of nitriles is 1. The summed E-state index contributed by atoms with van der Waals surface area (Å²) in [5, 5.41) is 9.59. The number of halogens is 1. The average molecular weight is 509 g/mol. The van der Waals surface area contributed by atoms with E-state index in [-0.39, 0.29) is 28.4 Å². The van der Waals surface area contributed by atoms with Gasteiger partial charge in [0.15, 0.2) is 11.5 Å². The van der Waals surface area contributed by atoms with Crippen molar-refractivity contribution in [2.75, 3.05) is 20.4 Å². The van der Waals surface area contributed by atoms with Gasteiger partial charge >= 0.3 is 10.1 Å². The highest BCUT2D eigenvalue weighted by molar-refractivity contribution is 7.86. The lowest BCUT2D eigenvalue weighted by atomic mass is 9.81. The molecule has 0 saturated heterocycles. The van der Waals surface area contributed by atoms with Gasteiger partial charge in [-0.2, -0.15) is 13.7 Å². The van der Waals surface area contributed by atoms with E-state index in [0.717, 1.165) is 6.26 Å². The summed E-state index contributed by atoms with van der Waals surface area (Å²) in [6.45, 7) is 0. The number of carbonyl (C=O) groups excluding carboxylic acids is 1. The van der Waals surface area contributed by atoms with E-state index < -0.39 is 27.4 Å². The van der Waals surface area contributed by atoms with Gasteiger partial charge in [-0.3, -0.25) is 9.69 Å². The Labute approximate surface area is 207 Å². The molecule has 2 N–H and O–H groups in total. The Bertz CT molecular complexity index is 1550. The lowest BCUT2D eigenvalue weighted by Crippen LogP contribution is -2.41. The number of aliphatic imine (C=N–C) groups is 1. The van der Waals surface area contributed by atoms with Crippen LogP contribution in [0.25, 0.3) is 11.1 Å². The molecule has 1 amide bonds. The summed E-state index contributed by atoms with van der Waals surface area (Å²) < 4.78 is 48.2. The molecule has 0 spiro atoms. The second-order valence-electron chi connectivity index (χ2n) is 8.07. The number of likely N-dealkylation sites (N-methyl/N-ethyl adjacent to an activating group) is 1. The van der Waals surface area contributed by atoms with Crippen LogP contribution in [-0.4, -0.2) is 45.6 Å². The standard InChI is InChI=1S/C25H21FN4O5S/c1-30-23(31)25(29-24(30)28,16-5-9-18(10-6-16)35-36(3,32)33)17-7-11-22(26)21(12-17)20-13-19(34-2)8-4-15(20)14-27/h4-13H,1-3H3,(H2,28,29). The molecule has 3 aromatic carbocycles. The largest absolute Gasteiger partial charge is 0.497 e. The van der Waals surface area contributed by atoms with E-state index >= 15 is 4.39 Å². The van der Waals surface area contributed by atoms with Crippen molar-refractivity contribution >= 4 is 22.0 Å². The number of methoxy groups -OCH3 is 1. The molecule has 0 aliphatic carbocycles. The van der Waals surface area contributed by atoms with E-state index in [2.05, 4.69) is 4.99 Å². The summed E-state index contributed by atoms with van der Waals surface area (Å²) in [5.74, 6) is -0.709. The van der Waals surface area contributed by atoms with Crippen LogP contribution in [0.3, 0.4) is 0 Å². The van der Waals surface area contributed by atoms with Crippen molar-refractivity contribution in [3.63, 3.8) is 0 Å². The summed E-state index contributed by atoms with van der Waals surface area (Å²) in [7, 11) is -0.844. The third-order valence-corrected chi connectivity index (χ3v) is 6.28. The fourth-order valence-electron chi connectivity index (χ4n) is 4.04. The van der Waals surface area contributed by atoms with Crippen LogP contribution >= 0.6 is 0 Å². The van der Waals surface area contributed by atoms with E-state index in [9.17, 15) is 18.5 Å². The predicted octanol–water partition coefficient (Wildman–Crippen LogP) is 2.74. The zero-order chi connectivity index (χ0) is 26.3. The number of benzene rings is 3. The number of rotatable bonds is 6. The molecule has 1 unspecified atom stereocenters. The predicted molar refractivity (Wildman–Crippen MR) is 130 cm³/mol. The van der Waals surface area contributed by atoms with E-state index in [0.29, 0.717) is 16.9 Å². The molecule has 0 bridgehead atoms. The second-order valence-corrected chi connectivity index (χ2v) is 9.65. The first-order valence-corrected chi connectivity index (χ1v) is 12.3. The molecule has 9 nitrogen and oxygen atoms in total. The van der Waals surface area contributed by atoms with Gasteiger partial charge < -0.3 is 14.7 Å². The molecule has 0 aromatic heterocycles. The molecule has 0 fully saturated rings. The van der Waals surface area contributed by atoms with Crippen LogP contribution in [0.5, 0.6) is 11.5 Å². The first-order chi connectivity index (χ1) is 17.0. The van der Waals surface area contributed by atoms with Crippen LogP contribution in [-0.2, 0) is 20.5 Å². The summed E-state index contributed by atoms with van der Waals surface area (Å²) >= 11 is 0. The zero-order valence-corrected chi connectivity index (χ0v) is 20.3. The Morgan fingerprint density at radius 1 is 1.03 bits per heavy atom. The SMILES string of the molecule is COc1ccc(C#N)c(-c2cc(C3(c4ccc(OS(C)(=O)=O)cc4)N=C(N)N(C)C3=O)ccc2F)c1. The number of hydrogen-bond acceptors (Lipinski definition) is 8. The number of nitrogens with two attached hydrogens (primary N) is 1. The maximum Gasteiger partial charge on any atom is 0.306 e. The molecule has 11 heteroatoms.